The molecule has 0 saturated carbocycles. The summed E-state index contributed by atoms with van der Waals surface area (Å²) in [7, 11) is 0. The van der Waals surface area contributed by atoms with Crippen LogP contribution in [0.5, 0.6) is 0 Å². The zero-order valence-electron chi connectivity index (χ0n) is 16.3. The minimum atomic E-state index is -0.399. The molecule has 1 aliphatic rings. The van der Waals surface area contributed by atoms with Gasteiger partial charge in [-0.25, -0.2) is 0 Å². The fraction of sp³-hybridized carbons (Fsp3) is 0.286. The Bertz CT molecular complexity index is 1130. The van der Waals surface area contributed by atoms with Crippen LogP contribution in [0.3, 0.4) is 0 Å². The normalized spacial score (nSPS) is 14.6. The van der Waals surface area contributed by atoms with Gasteiger partial charge in [-0.2, -0.15) is 21.1 Å². The maximum atomic E-state index is 12.9. The average Bonchev–Trinajstić information content (AvgIpc) is 3.17. The summed E-state index contributed by atoms with van der Waals surface area (Å²) in [6, 6.07) is 7.15. The molecule has 0 atom stereocenters. The lowest BCUT2D eigenvalue weighted by atomic mass is 10.2. The van der Waals surface area contributed by atoms with E-state index in [0.29, 0.717) is 48.1 Å². The molecule has 0 radical (unpaired) electrons. The Kier molecular flexibility index (Phi) is 6.13. The third-order valence-electron chi connectivity index (χ3n) is 5.19. The SMILES string of the molecule is Cc1ccc(-n2ncc(N3CCCN(C(=O)c4ccsc4)CC3)c(Cl)c2=O)cc1Cl. The molecule has 1 fully saturated rings. The average molecular weight is 463 g/mol. The van der Waals surface area contributed by atoms with Gasteiger partial charge in [-0.05, 0) is 42.5 Å². The standard InChI is InChI=1S/C21H20Cl2N4O2S/c1-14-3-4-16(11-17(14)22)27-21(29)19(23)18(12-24-27)25-6-2-7-26(9-8-25)20(28)15-5-10-30-13-15/h3-5,10-13H,2,6-9H2,1H3. The molecular weight excluding hydrogens is 443 g/mol. The molecule has 0 bridgehead atoms. The van der Waals surface area contributed by atoms with Crippen molar-refractivity contribution in [2.24, 2.45) is 0 Å². The summed E-state index contributed by atoms with van der Waals surface area (Å²) in [6.07, 6.45) is 2.39. The topological polar surface area (TPSA) is 58.4 Å². The number of nitrogens with zero attached hydrogens (tertiary/aromatic N) is 4. The summed E-state index contributed by atoms with van der Waals surface area (Å²) in [5, 5.41) is 8.76. The van der Waals surface area contributed by atoms with Crippen LogP contribution in [0.1, 0.15) is 22.3 Å². The summed E-state index contributed by atoms with van der Waals surface area (Å²) in [5.41, 5.74) is 2.38. The zero-order valence-corrected chi connectivity index (χ0v) is 18.7. The van der Waals surface area contributed by atoms with Crippen molar-refractivity contribution in [2.45, 2.75) is 13.3 Å². The van der Waals surface area contributed by atoms with E-state index in [1.807, 2.05) is 39.6 Å². The van der Waals surface area contributed by atoms with Gasteiger partial charge < -0.3 is 9.80 Å². The van der Waals surface area contributed by atoms with Gasteiger partial charge >= 0.3 is 0 Å². The van der Waals surface area contributed by atoms with Crippen molar-refractivity contribution in [3.8, 4) is 5.69 Å². The van der Waals surface area contributed by atoms with Gasteiger partial charge in [0.05, 0.1) is 23.1 Å². The van der Waals surface area contributed by atoms with Crippen LogP contribution < -0.4 is 10.5 Å². The molecule has 9 heteroatoms. The summed E-state index contributed by atoms with van der Waals surface area (Å²) in [5.74, 6) is 0.0361. The number of hydrogen-bond donors (Lipinski definition) is 0. The third kappa shape index (κ3) is 4.10. The van der Waals surface area contributed by atoms with Crippen LogP contribution in [0.15, 0.2) is 46.0 Å². The van der Waals surface area contributed by atoms with Gasteiger partial charge in [0.2, 0.25) is 0 Å². The van der Waals surface area contributed by atoms with Crippen molar-refractivity contribution in [2.75, 3.05) is 31.1 Å². The lowest BCUT2D eigenvalue weighted by Gasteiger charge is -2.24. The van der Waals surface area contributed by atoms with Gasteiger partial charge in [0, 0.05) is 36.6 Å². The molecule has 2 aromatic heterocycles. The first-order chi connectivity index (χ1) is 14.5. The number of anilines is 1. The minimum absolute atomic E-state index is 0.0361. The maximum Gasteiger partial charge on any atom is 0.292 e. The van der Waals surface area contributed by atoms with Crippen LogP contribution in [0, 0.1) is 6.92 Å². The maximum absolute atomic E-state index is 12.9. The van der Waals surface area contributed by atoms with Crippen molar-refractivity contribution < 1.29 is 4.79 Å². The second-order valence-corrected chi connectivity index (χ2v) is 8.70. The first-order valence-electron chi connectivity index (χ1n) is 9.56. The number of aromatic nitrogens is 2. The summed E-state index contributed by atoms with van der Waals surface area (Å²) in [6.45, 7) is 4.38. The molecule has 1 saturated heterocycles. The van der Waals surface area contributed by atoms with E-state index in [1.54, 1.807) is 18.3 Å². The Morgan fingerprint density at radius 2 is 1.97 bits per heavy atom. The van der Waals surface area contributed by atoms with Crippen molar-refractivity contribution in [3.63, 3.8) is 0 Å². The fourth-order valence-corrected chi connectivity index (χ4v) is 4.53. The number of aryl methyl sites for hydroxylation is 1. The molecule has 0 aliphatic carbocycles. The Balaban J connectivity index is 1.56. The highest BCUT2D eigenvalue weighted by Gasteiger charge is 2.23. The summed E-state index contributed by atoms with van der Waals surface area (Å²) in [4.78, 5) is 29.4. The van der Waals surface area contributed by atoms with E-state index < -0.39 is 5.56 Å². The number of carbonyl (C=O) groups excluding carboxylic acids is 1. The number of halogens is 2. The monoisotopic (exact) mass is 462 g/mol. The van der Waals surface area contributed by atoms with Crippen molar-refractivity contribution in [1.29, 1.82) is 0 Å². The van der Waals surface area contributed by atoms with Crippen LogP contribution in [0.25, 0.3) is 5.69 Å². The molecule has 1 aromatic carbocycles. The first kappa shape index (κ1) is 20.9. The largest absolute Gasteiger partial charge is 0.367 e. The third-order valence-corrected chi connectivity index (χ3v) is 6.64. The van der Waals surface area contributed by atoms with E-state index in [0.717, 1.165) is 12.0 Å². The molecule has 6 nitrogen and oxygen atoms in total. The highest BCUT2D eigenvalue weighted by atomic mass is 35.5. The highest BCUT2D eigenvalue weighted by molar-refractivity contribution is 7.08. The second-order valence-electron chi connectivity index (χ2n) is 7.14. The van der Waals surface area contributed by atoms with Crippen LogP contribution in [0.4, 0.5) is 5.69 Å². The minimum Gasteiger partial charge on any atom is -0.367 e. The van der Waals surface area contributed by atoms with E-state index in [1.165, 1.54) is 16.0 Å². The Hall–Kier alpha value is -2.35. The van der Waals surface area contributed by atoms with E-state index in [9.17, 15) is 9.59 Å². The van der Waals surface area contributed by atoms with Crippen molar-refractivity contribution >= 4 is 46.1 Å². The lowest BCUT2D eigenvalue weighted by molar-refractivity contribution is 0.0767. The van der Waals surface area contributed by atoms with Gasteiger partial charge in [0.1, 0.15) is 5.02 Å². The number of benzene rings is 1. The number of amides is 1. The molecule has 0 spiro atoms. The van der Waals surface area contributed by atoms with Gasteiger partial charge in [0.15, 0.2) is 0 Å². The molecular formula is C21H20Cl2N4O2S. The van der Waals surface area contributed by atoms with Gasteiger partial charge in [0.25, 0.3) is 11.5 Å². The van der Waals surface area contributed by atoms with E-state index in [4.69, 9.17) is 23.2 Å². The van der Waals surface area contributed by atoms with Gasteiger partial charge in [-0.15, -0.1) is 0 Å². The Morgan fingerprint density at radius 3 is 2.70 bits per heavy atom. The van der Waals surface area contributed by atoms with Crippen LogP contribution in [-0.4, -0.2) is 46.8 Å². The quantitative estimate of drug-likeness (QED) is 0.583. The summed E-state index contributed by atoms with van der Waals surface area (Å²) < 4.78 is 1.25. The molecule has 1 amide bonds. The highest BCUT2D eigenvalue weighted by Crippen LogP contribution is 2.24. The number of carbonyl (C=O) groups is 1. The van der Waals surface area contributed by atoms with E-state index in [2.05, 4.69) is 5.10 Å². The molecule has 4 rings (SSSR count). The van der Waals surface area contributed by atoms with Crippen LogP contribution in [-0.2, 0) is 0 Å². The molecule has 30 heavy (non-hydrogen) atoms. The van der Waals surface area contributed by atoms with Gasteiger partial charge in [-0.3, -0.25) is 9.59 Å². The smallest absolute Gasteiger partial charge is 0.292 e. The molecule has 1 aliphatic heterocycles. The number of thiophene rings is 1. The van der Waals surface area contributed by atoms with Crippen LogP contribution in [0.2, 0.25) is 10.0 Å². The predicted octanol–water partition coefficient (Wildman–Crippen LogP) is 4.26. The van der Waals surface area contributed by atoms with E-state index >= 15 is 0 Å². The van der Waals surface area contributed by atoms with Crippen molar-refractivity contribution in [1.82, 2.24) is 14.7 Å². The summed E-state index contributed by atoms with van der Waals surface area (Å²) >= 11 is 14.2. The van der Waals surface area contributed by atoms with Crippen LogP contribution >= 0.6 is 34.5 Å². The number of rotatable bonds is 3. The number of hydrogen-bond acceptors (Lipinski definition) is 5. The Labute approximate surface area is 188 Å². The molecule has 3 heterocycles. The Morgan fingerprint density at radius 1 is 1.13 bits per heavy atom. The molecule has 0 unspecified atom stereocenters. The van der Waals surface area contributed by atoms with E-state index in [-0.39, 0.29) is 10.9 Å². The fourth-order valence-electron chi connectivity index (χ4n) is 3.47. The lowest BCUT2D eigenvalue weighted by Crippen LogP contribution is -2.35. The van der Waals surface area contributed by atoms with Gasteiger partial charge in [-0.1, -0.05) is 29.3 Å². The predicted molar refractivity (Wildman–Crippen MR) is 122 cm³/mol. The first-order valence-corrected chi connectivity index (χ1v) is 11.3. The molecule has 0 N–H and O–H groups in total. The second kappa shape index (κ2) is 8.79. The van der Waals surface area contributed by atoms with Crippen molar-refractivity contribution in [3.05, 3.63) is 72.7 Å². The molecule has 156 valence electrons. The molecule has 3 aromatic rings. The zero-order chi connectivity index (χ0) is 21.3.